The maximum Gasteiger partial charge on any atom is 0.0596 e. The zero-order valence-electron chi connectivity index (χ0n) is 10.8. The molecular weight excluding hydrogens is 220 g/mol. The van der Waals surface area contributed by atoms with Gasteiger partial charge in [0.2, 0.25) is 0 Å². The highest BCUT2D eigenvalue weighted by atomic mass is 16.3. The van der Waals surface area contributed by atoms with Crippen molar-refractivity contribution in [1.29, 1.82) is 0 Å². The fourth-order valence-corrected chi connectivity index (χ4v) is 4.78. The molecule has 1 nitrogen and oxygen atoms in total. The normalized spacial score (nSPS) is 45.4. The number of hydrogen-bond acceptors (Lipinski definition) is 1. The van der Waals surface area contributed by atoms with Crippen LogP contribution in [0.1, 0.15) is 31.2 Å². The molecule has 0 radical (unpaired) electrons. The van der Waals surface area contributed by atoms with Crippen LogP contribution in [0, 0.1) is 29.6 Å². The first-order chi connectivity index (χ1) is 8.83. The van der Waals surface area contributed by atoms with Crippen LogP contribution in [0.2, 0.25) is 0 Å². The summed E-state index contributed by atoms with van der Waals surface area (Å²) in [5.41, 5.74) is 1.50. The van der Waals surface area contributed by atoms with Crippen molar-refractivity contribution in [2.45, 2.75) is 38.2 Å². The number of aliphatic hydroxyl groups excluding tert-OH is 1. The zero-order valence-corrected chi connectivity index (χ0v) is 10.8. The third-order valence-corrected chi connectivity index (χ3v) is 5.85. The van der Waals surface area contributed by atoms with Crippen molar-refractivity contribution in [1.82, 2.24) is 0 Å². The van der Waals surface area contributed by atoms with Crippen LogP contribution < -0.4 is 0 Å². The summed E-state index contributed by atoms with van der Waals surface area (Å²) in [4.78, 5) is 0. The van der Waals surface area contributed by atoms with Crippen molar-refractivity contribution in [3.8, 4) is 0 Å². The maximum atomic E-state index is 10.2. The summed E-state index contributed by atoms with van der Waals surface area (Å²) < 4.78 is 0. The molecule has 4 unspecified atom stereocenters. The fourth-order valence-electron chi connectivity index (χ4n) is 4.78. The Bertz CT molecular complexity index is 406. The van der Waals surface area contributed by atoms with E-state index in [-0.39, 0.29) is 6.10 Å². The summed E-state index contributed by atoms with van der Waals surface area (Å²) >= 11 is 0. The SMILES string of the molecule is OC1C2CCC1CC1C(Cc3ccccc3)C1C2. The highest BCUT2D eigenvalue weighted by molar-refractivity contribution is 5.18. The molecule has 0 saturated heterocycles. The van der Waals surface area contributed by atoms with Gasteiger partial charge in [0.25, 0.3) is 0 Å². The molecule has 3 saturated carbocycles. The summed E-state index contributed by atoms with van der Waals surface area (Å²) in [6.07, 6.45) is 6.49. The lowest BCUT2D eigenvalue weighted by molar-refractivity contribution is 0.0864. The van der Waals surface area contributed by atoms with Gasteiger partial charge in [-0.15, -0.1) is 0 Å². The molecule has 0 amide bonds. The molecule has 0 aromatic heterocycles. The minimum Gasteiger partial charge on any atom is -0.393 e. The molecule has 1 heteroatoms. The van der Waals surface area contributed by atoms with E-state index in [2.05, 4.69) is 30.3 Å². The molecule has 3 fully saturated rings. The van der Waals surface area contributed by atoms with E-state index in [0.717, 1.165) is 17.8 Å². The van der Waals surface area contributed by atoms with Crippen molar-refractivity contribution < 1.29 is 5.11 Å². The second kappa shape index (κ2) is 4.09. The van der Waals surface area contributed by atoms with Gasteiger partial charge in [0.1, 0.15) is 0 Å². The van der Waals surface area contributed by atoms with Crippen LogP contribution in [0.3, 0.4) is 0 Å². The zero-order chi connectivity index (χ0) is 12.1. The Kier molecular flexibility index (Phi) is 2.51. The van der Waals surface area contributed by atoms with Gasteiger partial charge in [0.15, 0.2) is 0 Å². The van der Waals surface area contributed by atoms with Crippen LogP contribution in [-0.2, 0) is 6.42 Å². The van der Waals surface area contributed by atoms with Crippen molar-refractivity contribution in [3.05, 3.63) is 35.9 Å². The third-order valence-electron chi connectivity index (χ3n) is 5.85. The van der Waals surface area contributed by atoms with Gasteiger partial charge in [-0.3, -0.25) is 0 Å². The van der Waals surface area contributed by atoms with E-state index in [1.165, 1.54) is 37.7 Å². The van der Waals surface area contributed by atoms with Crippen LogP contribution in [0.5, 0.6) is 0 Å². The van der Waals surface area contributed by atoms with Crippen molar-refractivity contribution in [3.63, 3.8) is 0 Å². The number of benzene rings is 1. The Balaban J connectivity index is 1.46. The standard InChI is InChI=1S/C17H22O/c18-17-12-6-7-13(17)10-16-14(15(16)9-12)8-11-4-2-1-3-5-11/h1-5,12-18H,6-10H2. The molecule has 0 heterocycles. The molecule has 1 aromatic carbocycles. The molecule has 1 N–H and O–H groups in total. The number of aliphatic hydroxyl groups is 1. The summed E-state index contributed by atoms with van der Waals surface area (Å²) in [6, 6.07) is 10.9. The minimum atomic E-state index is 0.0372. The fraction of sp³-hybridized carbons (Fsp3) is 0.647. The Labute approximate surface area is 109 Å². The number of hydrogen-bond donors (Lipinski definition) is 1. The van der Waals surface area contributed by atoms with Crippen LogP contribution in [-0.4, -0.2) is 11.2 Å². The topological polar surface area (TPSA) is 20.2 Å². The van der Waals surface area contributed by atoms with Gasteiger partial charge in [-0.25, -0.2) is 0 Å². The molecular formula is C17H22O. The second-order valence-electron chi connectivity index (χ2n) is 6.74. The second-order valence-corrected chi connectivity index (χ2v) is 6.74. The molecule has 4 rings (SSSR count). The van der Waals surface area contributed by atoms with Crippen molar-refractivity contribution >= 4 is 0 Å². The Hall–Kier alpha value is -0.820. The molecule has 4 atom stereocenters. The lowest BCUT2D eigenvalue weighted by atomic mass is 9.94. The highest BCUT2D eigenvalue weighted by Crippen LogP contribution is 2.60. The molecule has 3 aliphatic rings. The van der Waals surface area contributed by atoms with Crippen molar-refractivity contribution in [2.75, 3.05) is 0 Å². The first kappa shape index (κ1) is 11.0. The first-order valence-electron chi connectivity index (χ1n) is 7.55. The quantitative estimate of drug-likeness (QED) is 0.844. The lowest BCUT2D eigenvalue weighted by Gasteiger charge is -2.17. The monoisotopic (exact) mass is 242 g/mol. The van der Waals surface area contributed by atoms with Gasteiger partial charge in [-0.05, 0) is 67.3 Å². The van der Waals surface area contributed by atoms with E-state index >= 15 is 0 Å². The average molecular weight is 242 g/mol. The van der Waals surface area contributed by atoms with E-state index in [4.69, 9.17) is 0 Å². The molecule has 3 aliphatic carbocycles. The van der Waals surface area contributed by atoms with Gasteiger partial charge >= 0.3 is 0 Å². The largest absolute Gasteiger partial charge is 0.393 e. The lowest BCUT2D eigenvalue weighted by Crippen LogP contribution is -2.20. The van der Waals surface area contributed by atoms with Gasteiger partial charge in [0, 0.05) is 0 Å². The first-order valence-corrected chi connectivity index (χ1v) is 7.55. The van der Waals surface area contributed by atoms with Gasteiger partial charge in [-0.2, -0.15) is 0 Å². The molecule has 0 aliphatic heterocycles. The summed E-state index contributed by atoms with van der Waals surface area (Å²) in [5, 5.41) is 10.2. The van der Waals surface area contributed by atoms with Gasteiger partial charge in [-0.1, -0.05) is 30.3 Å². The summed E-state index contributed by atoms with van der Waals surface area (Å²) in [5.74, 6) is 4.03. The Morgan fingerprint density at radius 1 is 0.944 bits per heavy atom. The van der Waals surface area contributed by atoms with E-state index in [9.17, 15) is 5.11 Å². The van der Waals surface area contributed by atoms with Crippen molar-refractivity contribution in [2.24, 2.45) is 29.6 Å². The highest BCUT2D eigenvalue weighted by Gasteiger charge is 2.56. The third kappa shape index (κ3) is 1.72. The predicted octanol–water partition coefficient (Wildman–Crippen LogP) is 3.27. The Morgan fingerprint density at radius 3 is 2.17 bits per heavy atom. The number of fused-ring (bicyclic) bond motifs is 3. The van der Waals surface area contributed by atoms with Crippen LogP contribution in [0.25, 0.3) is 0 Å². The van der Waals surface area contributed by atoms with E-state index in [1.807, 2.05) is 0 Å². The predicted molar refractivity (Wildman–Crippen MR) is 72.1 cm³/mol. The van der Waals surface area contributed by atoms with E-state index in [1.54, 1.807) is 0 Å². The van der Waals surface area contributed by atoms with Gasteiger partial charge < -0.3 is 5.11 Å². The Morgan fingerprint density at radius 2 is 1.56 bits per heavy atom. The van der Waals surface area contributed by atoms with Crippen LogP contribution in [0.15, 0.2) is 30.3 Å². The molecule has 18 heavy (non-hydrogen) atoms. The average Bonchev–Trinajstić information content (AvgIpc) is 2.88. The minimum absolute atomic E-state index is 0.0372. The molecule has 96 valence electrons. The summed E-state index contributed by atoms with van der Waals surface area (Å²) in [7, 11) is 0. The van der Waals surface area contributed by atoms with E-state index < -0.39 is 0 Å². The molecule has 1 aromatic rings. The molecule has 2 bridgehead atoms. The van der Waals surface area contributed by atoms with Crippen LogP contribution >= 0.6 is 0 Å². The van der Waals surface area contributed by atoms with Crippen LogP contribution in [0.4, 0.5) is 0 Å². The maximum absolute atomic E-state index is 10.2. The summed E-state index contributed by atoms with van der Waals surface area (Å²) in [6.45, 7) is 0. The van der Waals surface area contributed by atoms with Gasteiger partial charge in [0.05, 0.1) is 6.10 Å². The molecule has 0 spiro atoms. The smallest absolute Gasteiger partial charge is 0.0596 e. The number of rotatable bonds is 2. The van der Waals surface area contributed by atoms with E-state index in [0.29, 0.717) is 11.8 Å².